The molecular formula is C69H146O20. The van der Waals surface area contributed by atoms with Crippen molar-refractivity contribution in [3.05, 3.63) is 0 Å². The number of methoxy groups -OCH3 is 12. The number of hydrogen-bond donors (Lipinski definition) is 0. The summed E-state index contributed by atoms with van der Waals surface area (Å²) in [5.41, 5.74) is 0.674. The maximum atomic E-state index is 5.58. The van der Waals surface area contributed by atoms with Crippen molar-refractivity contribution < 1.29 is 94.7 Å². The molecule has 6 rings (SSSR count). The number of hydrogen-bond acceptors (Lipinski definition) is 20. The Kier molecular flexibility index (Phi) is 71.4. The van der Waals surface area contributed by atoms with Crippen molar-refractivity contribution in [3.8, 4) is 0 Å². The van der Waals surface area contributed by atoms with Gasteiger partial charge >= 0.3 is 0 Å². The van der Waals surface area contributed by atoms with Gasteiger partial charge in [-0.2, -0.15) is 0 Å². The van der Waals surface area contributed by atoms with Crippen molar-refractivity contribution in [2.24, 2.45) is 22.7 Å². The minimum Gasteiger partial charge on any atom is -0.384 e. The molecule has 6 aliphatic heterocycles. The molecule has 6 saturated heterocycles. The highest BCUT2D eigenvalue weighted by molar-refractivity contribution is 4.78. The van der Waals surface area contributed by atoms with Gasteiger partial charge in [0.05, 0.1) is 108 Å². The Morgan fingerprint density at radius 1 is 0.393 bits per heavy atom. The zero-order valence-electron chi connectivity index (χ0n) is 61.9. The first kappa shape index (κ1) is 94.6. The second kappa shape index (κ2) is 67.2. The van der Waals surface area contributed by atoms with Gasteiger partial charge in [-0.25, -0.2) is 0 Å². The lowest BCUT2D eigenvalue weighted by Crippen LogP contribution is -2.37. The molecule has 6 aliphatic rings. The van der Waals surface area contributed by atoms with Crippen molar-refractivity contribution in [1.82, 2.24) is 0 Å². The molecule has 0 aromatic carbocycles. The van der Waals surface area contributed by atoms with E-state index in [1.165, 1.54) is 70.6 Å². The number of rotatable bonds is 26. The average molecular weight is 1300 g/mol. The maximum absolute atomic E-state index is 5.58. The van der Waals surface area contributed by atoms with Crippen LogP contribution < -0.4 is 0 Å². The highest BCUT2D eigenvalue weighted by Crippen LogP contribution is 2.30. The minimum atomic E-state index is 0.00694. The van der Waals surface area contributed by atoms with Gasteiger partial charge in [0, 0.05) is 169 Å². The molecule has 0 saturated carbocycles. The molecule has 0 N–H and O–H groups in total. The minimum absolute atomic E-state index is 0.00694. The fourth-order valence-electron chi connectivity index (χ4n) is 9.30. The molecule has 89 heavy (non-hydrogen) atoms. The van der Waals surface area contributed by atoms with Gasteiger partial charge in [-0.05, 0) is 164 Å². The predicted molar refractivity (Wildman–Crippen MR) is 358 cm³/mol. The van der Waals surface area contributed by atoms with E-state index in [4.69, 9.17) is 94.7 Å². The molecule has 542 valence electrons. The fourth-order valence-corrected chi connectivity index (χ4v) is 9.30. The van der Waals surface area contributed by atoms with Gasteiger partial charge in [0.2, 0.25) is 0 Å². The van der Waals surface area contributed by atoms with Crippen LogP contribution >= 0.6 is 0 Å². The summed E-state index contributed by atoms with van der Waals surface area (Å²) >= 11 is 0. The summed E-state index contributed by atoms with van der Waals surface area (Å²) in [6.45, 7) is 39.5. The Bertz CT molecular complexity index is 1190. The molecule has 0 radical (unpaired) electrons. The Balaban J connectivity index is -0.000000452. The van der Waals surface area contributed by atoms with Crippen molar-refractivity contribution in [3.63, 3.8) is 0 Å². The van der Waals surface area contributed by atoms with Crippen molar-refractivity contribution in [2.75, 3.05) is 217 Å². The Morgan fingerprint density at radius 2 is 0.921 bits per heavy atom. The van der Waals surface area contributed by atoms with E-state index in [1.54, 1.807) is 85.3 Å². The summed E-state index contributed by atoms with van der Waals surface area (Å²) in [4.78, 5) is 0. The summed E-state index contributed by atoms with van der Waals surface area (Å²) in [6.07, 6.45) is 18.5. The van der Waals surface area contributed by atoms with Gasteiger partial charge in [0.25, 0.3) is 0 Å². The summed E-state index contributed by atoms with van der Waals surface area (Å²) in [7, 11) is 20.5. The molecule has 20 heteroatoms. The molecule has 10 unspecified atom stereocenters. The van der Waals surface area contributed by atoms with E-state index < -0.39 is 0 Å². The SMILES string of the molecule is CCOC(C)C(C)OC.CCOCC(C)OC.COC(C)C(C)OC.COCC(C)OC.COCC1(C)CCCCO1.COCC1(C)CCCOC1.COCC1(C)CCOCC1.COCC1CCCCO1.COCC1CCCOC1.COCC1CCOCC1. The monoisotopic (exact) mass is 1300 g/mol. The van der Waals surface area contributed by atoms with Crippen LogP contribution in [0.25, 0.3) is 0 Å². The summed E-state index contributed by atoms with van der Waals surface area (Å²) in [5, 5.41) is 0. The molecule has 6 fully saturated rings. The molecule has 0 spiro atoms. The summed E-state index contributed by atoms with van der Waals surface area (Å²) in [6, 6.07) is 0. The normalized spacial score (nSPS) is 24.2. The van der Waals surface area contributed by atoms with Crippen LogP contribution in [-0.4, -0.2) is 266 Å². The van der Waals surface area contributed by atoms with Crippen LogP contribution in [0.2, 0.25) is 0 Å². The van der Waals surface area contributed by atoms with E-state index in [0.29, 0.717) is 30.7 Å². The first-order chi connectivity index (χ1) is 42.7. The third-order valence-corrected chi connectivity index (χ3v) is 15.9. The van der Waals surface area contributed by atoms with Crippen LogP contribution in [-0.2, 0) is 94.7 Å². The average Bonchev–Trinajstić information content (AvgIpc) is 3.59. The lowest BCUT2D eigenvalue weighted by molar-refractivity contribution is -0.103. The van der Waals surface area contributed by atoms with E-state index in [9.17, 15) is 0 Å². The van der Waals surface area contributed by atoms with Gasteiger partial charge in [-0.1, -0.05) is 13.8 Å². The smallest absolute Gasteiger partial charge is 0.0886 e. The highest BCUT2D eigenvalue weighted by atomic mass is 16.6. The van der Waals surface area contributed by atoms with E-state index >= 15 is 0 Å². The van der Waals surface area contributed by atoms with E-state index in [2.05, 4.69) is 20.8 Å². The Labute approximate surface area is 547 Å². The Hall–Kier alpha value is -0.800. The molecule has 10 atom stereocenters. The third-order valence-electron chi connectivity index (χ3n) is 15.9. The Morgan fingerprint density at radius 3 is 1.35 bits per heavy atom. The van der Waals surface area contributed by atoms with Crippen molar-refractivity contribution >= 4 is 0 Å². The first-order valence-electron chi connectivity index (χ1n) is 33.5. The van der Waals surface area contributed by atoms with Gasteiger partial charge in [-0.15, -0.1) is 0 Å². The highest BCUT2D eigenvalue weighted by Gasteiger charge is 2.29. The maximum Gasteiger partial charge on any atom is 0.0886 e. The quantitative estimate of drug-likeness (QED) is 0.0795. The topological polar surface area (TPSA) is 185 Å². The van der Waals surface area contributed by atoms with Crippen LogP contribution in [0.15, 0.2) is 0 Å². The molecular weight excluding hydrogens is 1150 g/mol. The molecule has 0 aromatic heterocycles. The van der Waals surface area contributed by atoms with Crippen LogP contribution in [0.5, 0.6) is 0 Å². The van der Waals surface area contributed by atoms with Crippen LogP contribution in [0.4, 0.5) is 0 Å². The molecule has 0 bridgehead atoms. The van der Waals surface area contributed by atoms with Gasteiger partial charge in [-0.3, -0.25) is 0 Å². The van der Waals surface area contributed by atoms with Crippen molar-refractivity contribution in [2.45, 2.75) is 214 Å². The van der Waals surface area contributed by atoms with E-state index in [-0.39, 0.29) is 47.6 Å². The lowest BCUT2D eigenvalue weighted by Gasteiger charge is -2.32. The van der Waals surface area contributed by atoms with Gasteiger partial charge in [0.1, 0.15) is 0 Å². The third kappa shape index (κ3) is 60.6. The first-order valence-corrected chi connectivity index (χ1v) is 33.5. The second-order valence-corrected chi connectivity index (χ2v) is 24.6. The molecule has 6 heterocycles. The summed E-state index contributed by atoms with van der Waals surface area (Å²) in [5.74, 6) is 1.41. The standard InChI is InChI=1S/3C8H16O2.3C7H14O2.C7H16O2.2C6H14O2.C5H12O2/c1-8(7-9-2)3-5-10-6-4-8;1-8(6-9-2)4-3-5-10-7-8;1-8(7-9-2)5-3-4-6-10-8;1-8-6-7-2-4-9-5-3-7;1-8-5-7-3-2-4-9-6-7;1-8-6-7-4-2-3-5-9-7;1-5-9-7(3)6(2)8-4;1-5(7-3)6(2)8-4;1-4-8-5-6(2)7-3;1-5(7-3)4-6-2/h3*3-7H2,1-2H3;3*7H,2-6H2,1H3;6-7H,5H2,1-4H3;5-6H,1-4H3;6H,4-5H2,1-3H3;5H,4H2,1-3H3. The van der Waals surface area contributed by atoms with Crippen LogP contribution in [0.1, 0.15) is 166 Å². The zero-order chi connectivity index (χ0) is 67.9. The summed E-state index contributed by atoms with van der Waals surface area (Å²) < 4.78 is 102. The van der Waals surface area contributed by atoms with Gasteiger partial charge in [0.15, 0.2) is 0 Å². The zero-order valence-corrected chi connectivity index (χ0v) is 61.9. The van der Waals surface area contributed by atoms with Gasteiger partial charge < -0.3 is 94.7 Å². The molecule has 0 amide bonds. The predicted octanol–water partition coefficient (Wildman–Crippen LogP) is 12.0. The molecule has 20 nitrogen and oxygen atoms in total. The van der Waals surface area contributed by atoms with E-state index in [0.717, 1.165) is 144 Å². The second-order valence-electron chi connectivity index (χ2n) is 24.6. The van der Waals surface area contributed by atoms with Crippen LogP contribution in [0.3, 0.4) is 0 Å². The molecule has 0 aromatic rings. The largest absolute Gasteiger partial charge is 0.384 e. The lowest BCUT2D eigenvalue weighted by atomic mass is 9.83. The fraction of sp³-hybridized carbons (Fsp3) is 1.00. The number of ether oxygens (including phenoxy) is 20. The van der Waals surface area contributed by atoms with Crippen molar-refractivity contribution in [1.29, 1.82) is 0 Å². The van der Waals surface area contributed by atoms with E-state index in [1.807, 2.05) is 55.4 Å². The van der Waals surface area contributed by atoms with Crippen LogP contribution in [0, 0.1) is 22.7 Å². The molecule has 0 aliphatic carbocycles.